The second kappa shape index (κ2) is 3.61. The van der Waals surface area contributed by atoms with Gasteiger partial charge >= 0.3 is 5.97 Å². The molecule has 0 unspecified atom stereocenters. The SMILES string of the molecule is O=C(O)[C@@H]1Cc2c([nH]c3ccccc23)C2(CCC2)N1. The summed E-state index contributed by atoms with van der Waals surface area (Å²) < 4.78 is 0. The van der Waals surface area contributed by atoms with Crippen molar-refractivity contribution < 1.29 is 9.90 Å². The van der Waals surface area contributed by atoms with E-state index in [9.17, 15) is 9.90 Å². The summed E-state index contributed by atoms with van der Waals surface area (Å²) in [5.74, 6) is -0.748. The van der Waals surface area contributed by atoms with E-state index in [1.54, 1.807) is 0 Å². The van der Waals surface area contributed by atoms with E-state index < -0.39 is 12.0 Å². The lowest BCUT2D eigenvalue weighted by atomic mass is 9.70. The van der Waals surface area contributed by atoms with Gasteiger partial charge in [-0.2, -0.15) is 0 Å². The van der Waals surface area contributed by atoms with Crippen LogP contribution in [-0.2, 0) is 16.8 Å². The molecule has 4 rings (SSSR count). The summed E-state index contributed by atoms with van der Waals surface area (Å²) in [5.41, 5.74) is 3.40. The molecule has 1 spiro atoms. The van der Waals surface area contributed by atoms with Crippen LogP contribution in [0.15, 0.2) is 24.3 Å². The van der Waals surface area contributed by atoms with E-state index in [0.717, 1.165) is 24.8 Å². The fourth-order valence-corrected chi connectivity index (χ4v) is 3.56. The minimum atomic E-state index is -0.748. The first kappa shape index (κ1) is 11.1. The molecule has 2 aliphatic rings. The highest BCUT2D eigenvalue weighted by molar-refractivity contribution is 5.87. The van der Waals surface area contributed by atoms with Crippen LogP contribution in [0, 0.1) is 0 Å². The maximum Gasteiger partial charge on any atom is 0.321 e. The molecule has 0 amide bonds. The van der Waals surface area contributed by atoms with Crippen LogP contribution in [-0.4, -0.2) is 22.1 Å². The number of hydrogen-bond acceptors (Lipinski definition) is 2. The second-order valence-corrected chi connectivity index (χ2v) is 5.70. The number of fused-ring (bicyclic) bond motifs is 4. The van der Waals surface area contributed by atoms with Crippen molar-refractivity contribution in [3.05, 3.63) is 35.5 Å². The van der Waals surface area contributed by atoms with Crippen molar-refractivity contribution in [2.24, 2.45) is 0 Å². The lowest BCUT2D eigenvalue weighted by Crippen LogP contribution is -2.59. The molecule has 3 N–H and O–H groups in total. The van der Waals surface area contributed by atoms with Gasteiger partial charge in [0, 0.05) is 23.0 Å². The molecule has 4 nitrogen and oxygen atoms in total. The maximum atomic E-state index is 11.4. The van der Waals surface area contributed by atoms with Crippen molar-refractivity contribution >= 4 is 16.9 Å². The first-order valence-corrected chi connectivity index (χ1v) is 6.80. The Balaban J connectivity index is 1.94. The number of H-pyrrole nitrogens is 1. The van der Waals surface area contributed by atoms with Gasteiger partial charge in [-0.3, -0.25) is 10.1 Å². The van der Waals surface area contributed by atoms with E-state index in [0.29, 0.717) is 6.42 Å². The Morgan fingerprint density at radius 2 is 2.11 bits per heavy atom. The molecule has 1 aliphatic carbocycles. The molecule has 1 fully saturated rings. The van der Waals surface area contributed by atoms with Gasteiger partial charge in [0.15, 0.2) is 0 Å². The largest absolute Gasteiger partial charge is 0.480 e. The number of nitrogens with one attached hydrogen (secondary N) is 2. The lowest BCUT2D eigenvalue weighted by molar-refractivity contribution is -0.141. The summed E-state index contributed by atoms with van der Waals surface area (Å²) in [6.07, 6.45) is 3.78. The van der Waals surface area contributed by atoms with Crippen LogP contribution in [0.2, 0.25) is 0 Å². The molecule has 0 saturated heterocycles. The topological polar surface area (TPSA) is 65.1 Å². The standard InChI is InChI=1S/C15H16N2O2/c18-14(19)12-8-10-9-4-1-2-5-11(9)16-13(10)15(17-12)6-3-7-15/h1-2,4-5,12,16-17H,3,6-8H2,(H,18,19)/t12-/m0/s1. The van der Waals surface area contributed by atoms with Crippen LogP contribution in [0.4, 0.5) is 0 Å². The third-order valence-electron chi connectivity index (χ3n) is 4.66. The monoisotopic (exact) mass is 256 g/mol. The fourth-order valence-electron chi connectivity index (χ4n) is 3.56. The minimum absolute atomic E-state index is 0.129. The predicted octanol–water partition coefficient (Wildman–Crippen LogP) is 2.15. The first-order valence-electron chi connectivity index (χ1n) is 6.80. The fraction of sp³-hybridized carbons (Fsp3) is 0.400. The van der Waals surface area contributed by atoms with Crippen LogP contribution in [0.5, 0.6) is 0 Å². The van der Waals surface area contributed by atoms with Crippen molar-refractivity contribution in [3.8, 4) is 0 Å². The van der Waals surface area contributed by atoms with Gasteiger partial charge in [0.1, 0.15) is 6.04 Å². The average Bonchev–Trinajstić information content (AvgIpc) is 2.74. The van der Waals surface area contributed by atoms with Crippen molar-refractivity contribution in [1.82, 2.24) is 10.3 Å². The molecule has 2 aromatic rings. The van der Waals surface area contributed by atoms with Crippen LogP contribution in [0.1, 0.15) is 30.5 Å². The molecule has 1 aromatic heterocycles. The highest BCUT2D eigenvalue weighted by Gasteiger charge is 2.47. The van der Waals surface area contributed by atoms with E-state index in [-0.39, 0.29) is 5.54 Å². The summed E-state index contributed by atoms with van der Waals surface area (Å²) in [7, 11) is 0. The summed E-state index contributed by atoms with van der Waals surface area (Å²) in [6, 6.07) is 7.71. The van der Waals surface area contributed by atoms with Gasteiger partial charge in [-0.05, 0) is 30.9 Å². The molecule has 19 heavy (non-hydrogen) atoms. The number of hydrogen-bond donors (Lipinski definition) is 3. The van der Waals surface area contributed by atoms with Crippen LogP contribution < -0.4 is 5.32 Å². The van der Waals surface area contributed by atoms with Crippen molar-refractivity contribution in [2.75, 3.05) is 0 Å². The first-order chi connectivity index (χ1) is 9.20. The molecule has 1 saturated carbocycles. The number of para-hydroxylation sites is 1. The molecule has 1 atom stereocenters. The van der Waals surface area contributed by atoms with Crippen molar-refractivity contribution in [2.45, 2.75) is 37.3 Å². The Kier molecular flexibility index (Phi) is 2.10. The lowest BCUT2D eigenvalue weighted by Gasteiger charge is -2.47. The van der Waals surface area contributed by atoms with Crippen molar-refractivity contribution in [1.29, 1.82) is 0 Å². The number of aliphatic carboxylic acids is 1. The number of aromatic nitrogens is 1. The molecule has 0 radical (unpaired) electrons. The van der Waals surface area contributed by atoms with E-state index in [4.69, 9.17) is 0 Å². The third-order valence-corrected chi connectivity index (χ3v) is 4.66. The summed E-state index contributed by atoms with van der Waals surface area (Å²) >= 11 is 0. The van der Waals surface area contributed by atoms with E-state index in [2.05, 4.69) is 22.4 Å². The highest BCUT2D eigenvalue weighted by atomic mass is 16.4. The van der Waals surface area contributed by atoms with E-state index in [1.165, 1.54) is 16.6 Å². The van der Waals surface area contributed by atoms with Gasteiger partial charge in [0.25, 0.3) is 0 Å². The highest BCUT2D eigenvalue weighted by Crippen LogP contribution is 2.46. The van der Waals surface area contributed by atoms with Gasteiger partial charge < -0.3 is 10.1 Å². The van der Waals surface area contributed by atoms with E-state index >= 15 is 0 Å². The second-order valence-electron chi connectivity index (χ2n) is 5.70. The quantitative estimate of drug-likeness (QED) is 0.732. The predicted molar refractivity (Wildman–Crippen MR) is 72.1 cm³/mol. The summed E-state index contributed by atoms with van der Waals surface area (Å²) in [6.45, 7) is 0. The summed E-state index contributed by atoms with van der Waals surface area (Å²) in [5, 5.41) is 13.9. The number of carbonyl (C=O) groups is 1. The van der Waals surface area contributed by atoms with Gasteiger partial charge in [-0.15, -0.1) is 0 Å². The van der Waals surface area contributed by atoms with Gasteiger partial charge in [-0.1, -0.05) is 18.2 Å². The van der Waals surface area contributed by atoms with Gasteiger partial charge in [0.05, 0.1) is 5.54 Å². The van der Waals surface area contributed by atoms with Crippen molar-refractivity contribution in [3.63, 3.8) is 0 Å². The molecule has 1 aliphatic heterocycles. The number of carboxylic acid groups (broad SMARTS) is 1. The zero-order chi connectivity index (χ0) is 13.0. The van der Waals surface area contributed by atoms with Crippen LogP contribution in [0.3, 0.4) is 0 Å². The molecule has 98 valence electrons. The Bertz CT molecular complexity index is 670. The Hall–Kier alpha value is -1.81. The Morgan fingerprint density at radius 1 is 1.32 bits per heavy atom. The molecule has 1 aromatic carbocycles. The van der Waals surface area contributed by atoms with Crippen LogP contribution >= 0.6 is 0 Å². The maximum absolute atomic E-state index is 11.4. The van der Waals surface area contributed by atoms with E-state index in [1.807, 2.05) is 12.1 Å². The number of benzene rings is 1. The average molecular weight is 256 g/mol. The normalized spacial score (nSPS) is 24.1. The number of carboxylic acids is 1. The molecular weight excluding hydrogens is 240 g/mol. The van der Waals surface area contributed by atoms with Gasteiger partial charge in [-0.25, -0.2) is 0 Å². The Morgan fingerprint density at radius 3 is 2.79 bits per heavy atom. The molecule has 4 heteroatoms. The zero-order valence-electron chi connectivity index (χ0n) is 10.6. The van der Waals surface area contributed by atoms with Crippen LogP contribution in [0.25, 0.3) is 10.9 Å². The third kappa shape index (κ3) is 1.40. The Labute approximate surface area is 110 Å². The smallest absolute Gasteiger partial charge is 0.321 e. The minimum Gasteiger partial charge on any atom is -0.480 e. The zero-order valence-corrected chi connectivity index (χ0v) is 10.6. The molecular formula is C15H16N2O2. The molecule has 0 bridgehead atoms. The molecule has 2 heterocycles. The number of rotatable bonds is 1. The van der Waals surface area contributed by atoms with Gasteiger partial charge in [0.2, 0.25) is 0 Å². The number of aromatic amines is 1. The summed E-state index contributed by atoms with van der Waals surface area (Å²) in [4.78, 5) is 14.9.